The molecule has 0 bridgehead atoms. The van der Waals surface area contributed by atoms with Crippen LogP contribution < -0.4 is 4.90 Å². The van der Waals surface area contributed by atoms with Crippen molar-refractivity contribution in [3.05, 3.63) is 42.2 Å². The van der Waals surface area contributed by atoms with Gasteiger partial charge in [-0.3, -0.25) is 4.99 Å². The van der Waals surface area contributed by atoms with Gasteiger partial charge >= 0.3 is 6.09 Å². The van der Waals surface area contributed by atoms with Gasteiger partial charge in [-0.2, -0.15) is 5.10 Å². The molecule has 4 aliphatic heterocycles. The maximum atomic E-state index is 12.4. The number of rotatable bonds is 7. The van der Waals surface area contributed by atoms with Gasteiger partial charge in [0.25, 0.3) is 0 Å². The average molecular weight is 551 g/mol. The largest absolute Gasteiger partial charge is 0.441 e. The van der Waals surface area contributed by atoms with E-state index in [4.69, 9.17) is 19.2 Å². The molecule has 0 aliphatic carbocycles. The summed E-state index contributed by atoms with van der Waals surface area (Å²) in [7, 11) is 0. The molecular formula is C30H42N6O4. The Morgan fingerprint density at radius 2 is 1.93 bits per heavy atom. The SMILES string of the molecule is CCOC1(C2C=CC(c3cc4c(N5CCN(C(=O)OC6COC6)CC5)ccnn4c3)=NC2)CCN(C(C)C)CC1. The fraction of sp³-hybridized carbons (Fsp3) is 0.633. The minimum atomic E-state index is -0.241. The molecule has 0 N–H and O–H groups in total. The fourth-order valence-electron chi connectivity index (χ4n) is 6.41. The third-order valence-corrected chi connectivity index (χ3v) is 8.96. The predicted octanol–water partition coefficient (Wildman–Crippen LogP) is 3.25. The molecule has 0 radical (unpaired) electrons. The summed E-state index contributed by atoms with van der Waals surface area (Å²) in [5.41, 5.74) is 4.09. The number of piperazine rings is 1. The van der Waals surface area contributed by atoms with Gasteiger partial charge in [-0.05, 0) is 51.8 Å². The molecule has 216 valence electrons. The van der Waals surface area contributed by atoms with Crippen LogP contribution in [0, 0.1) is 5.92 Å². The van der Waals surface area contributed by atoms with Crippen molar-refractivity contribution in [2.24, 2.45) is 10.9 Å². The number of carbonyl (C=O) groups excluding carboxylic acids is 1. The van der Waals surface area contributed by atoms with E-state index in [1.807, 2.05) is 10.7 Å². The van der Waals surface area contributed by atoms with Crippen molar-refractivity contribution in [3.63, 3.8) is 0 Å². The van der Waals surface area contributed by atoms with Crippen LogP contribution in [0.5, 0.6) is 0 Å². The van der Waals surface area contributed by atoms with Crippen LogP contribution in [0.1, 0.15) is 39.2 Å². The van der Waals surface area contributed by atoms with Crippen LogP contribution in [0.3, 0.4) is 0 Å². The summed E-state index contributed by atoms with van der Waals surface area (Å²) in [5.74, 6) is 0.288. The van der Waals surface area contributed by atoms with Crippen molar-refractivity contribution in [2.75, 3.05) is 70.5 Å². The molecular weight excluding hydrogens is 508 g/mol. The van der Waals surface area contributed by atoms with E-state index in [1.165, 1.54) is 0 Å². The lowest BCUT2D eigenvalue weighted by atomic mass is 9.77. The van der Waals surface area contributed by atoms with E-state index in [-0.39, 0.29) is 23.7 Å². The second-order valence-electron chi connectivity index (χ2n) is 11.6. The van der Waals surface area contributed by atoms with E-state index in [1.54, 1.807) is 4.90 Å². The number of hydrogen-bond acceptors (Lipinski definition) is 8. The fourth-order valence-corrected chi connectivity index (χ4v) is 6.41. The predicted molar refractivity (Wildman–Crippen MR) is 154 cm³/mol. The lowest BCUT2D eigenvalue weighted by molar-refractivity contribution is -0.107. The first-order chi connectivity index (χ1) is 19.5. The molecule has 1 amide bonds. The van der Waals surface area contributed by atoms with Crippen LogP contribution in [-0.2, 0) is 14.2 Å². The third kappa shape index (κ3) is 5.36. The van der Waals surface area contributed by atoms with E-state index in [9.17, 15) is 4.79 Å². The zero-order valence-electron chi connectivity index (χ0n) is 24.0. The summed E-state index contributed by atoms with van der Waals surface area (Å²) in [5, 5.41) is 4.58. The number of piperidine rings is 1. The smallest absolute Gasteiger partial charge is 0.410 e. The van der Waals surface area contributed by atoms with Gasteiger partial charge in [-0.25, -0.2) is 9.31 Å². The summed E-state index contributed by atoms with van der Waals surface area (Å²) in [4.78, 5) is 24.2. The molecule has 2 aromatic heterocycles. The van der Waals surface area contributed by atoms with Crippen molar-refractivity contribution in [2.45, 2.75) is 51.4 Å². The van der Waals surface area contributed by atoms with Gasteiger partial charge < -0.3 is 28.9 Å². The van der Waals surface area contributed by atoms with Crippen LogP contribution in [-0.4, -0.2) is 115 Å². The Hall–Kier alpha value is -2.95. The molecule has 6 rings (SSSR count). The molecule has 1 unspecified atom stereocenters. The van der Waals surface area contributed by atoms with Gasteiger partial charge in [0.05, 0.1) is 35.7 Å². The van der Waals surface area contributed by atoms with Crippen LogP contribution >= 0.6 is 0 Å². The Kier molecular flexibility index (Phi) is 7.83. The van der Waals surface area contributed by atoms with E-state index in [0.29, 0.717) is 32.3 Å². The normalized spacial score (nSPS) is 23.9. The van der Waals surface area contributed by atoms with Crippen molar-refractivity contribution in [1.82, 2.24) is 19.4 Å². The summed E-state index contributed by atoms with van der Waals surface area (Å²) >= 11 is 0. The first-order valence-electron chi connectivity index (χ1n) is 14.8. The number of fused-ring (bicyclic) bond motifs is 1. The summed E-state index contributed by atoms with van der Waals surface area (Å²) in [6, 6.07) is 4.81. The van der Waals surface area contributed by atoms with Gasteiger partial charge in [0.1, 0.15) is 0 Å². The zero-order valence-corrected chi connectivity index (χ0v) is 24.0. The molecule has 3 fully saturated rings. The topological polar surface area (TPSA) is 84.1 Å². The molecule has 3 saturated heterocycles. The highest BCUT2D eigenvalue weighted by atomic mass is 16.6. The molecule has 0 spiro atoms. The molecule has 0 saturated carbocycles. The highest BCUT2D eigenvalue weighted by Crippen LogP contribution is 2.37. The second-order valence-corrected chi connectivity index (χ2v) is 11.6. The Labute approximate surface area is 236 Å². The van der Waals surface area contributed by atoms with Crippen molar-refractivity contribution in [1.29, 1.82) is 0 Å². The van der Waals surface area contributed by atoms with Crippen molar-refractivity contribution < 1.29 is 19.0 Å². The number of likely N-dealkylation sites (tertiary alicyclic amines) is 1. The lowest BCUT2D eigenvalue weighted by Gasteiger charge is -2.46. The number of aromatic nitrogens is 2. The molecule has 40 heavy (non-hydrogen) atoms. The maximum Gasteiger partial charge on any atom is 0.410 e. The number of ether oxygens (including phenoxy) is 3. The summed E-state index contributed by atoms with van der Waals surface area (Å²) < 4.78 is 19.0. The molecule has 4 aliphatic rings. The molecule has 2 aromatic rings. The monoisotopic (exact) mass is 550 g/mol. The molecule has 10 nitrogen and oxygen atoms in total. The zero-order chi connectivity index (χ0) is 27.7. The Bertz CT molecular complexity index is 1250. The Morgan fingerprint density at radius 1 is 1.15 bits per heavy atom. The quantitative estimate of drug-likeness (QED) is 0.523. The van der Waals surface area contributed by atoms with Gasteiger partial charge in [0, 0.05) is 82.3 Å². The van der Waals surface area contributed by atoms with Crippen molar-refractivity contribution in [3.8, 4) is 0 Å². The number of amides is 1. The summed E-state index contributed by atoms with van der Waals surface area (Å²) in [6.45, 7) is 14.0. The van der Waals surface area contributed by atoms with Gasteiger partial charge in [0.15, 0.2) is 6.10 Å². The number of nitrogens with zero attached hydrogens (tertiary/aromatic N) is 6. The Morgan fingerprint density at radius 3 is 2.55 bits per heavy atom. The number of aliphatic imine (C=N–C) groups is 1. The molecule has 0 aromatic carbocycles. The Balaban J connectivity index is 1.12. The van der Waals surface area contributed by atoms with E-state index < -0.39 is 0 Å². The van der Waals surface area contributed by atoms with Crippen LogP contribution in [0.4, 0.5) is 10.5 Å². The van der Waals surface area contributed by atoms with E-state index >= 15 is 0 Å². The first-order valence-corrected chi connectivity index (χ1v) is 14.8. The molecule has 6 heterocycles. The highest BCUT2D eigenvalue weighted by Gasteiger charge is 2.42. The van der Waals surface area contributed by atoms with Gasteiger partial charge in [0.2, 0.25) is 0 Å². The number of carbonyl (C=O) groups is 1. The number of allylic oxidation sites excluding steroid dienone is 1. The lowest BCUT2D eigenvalue weighted by Crippen LogP contribution is -2.52. The van der Waals surface area contributed by atoms with Crippen LogP contribution in [0.25, 0.3) is 5.52 Å². The van der Waals surface area contributed by atoms with Crippen molar-refractivity contribution >= 4 is 23.0 Å². The van der Waals surface area contributed by atoms with Crippen LogP contribution in [0.15, 0.2) is 41.7 Å². The van der Waals surface area contributed by atoms with E-state index in [0.717, 1.165) is 74.7 Å². The maximum absolute atomic E-state index is 12.4. The third-order valence-electron chi connectivity index (χ3n) is 8.96. The van der Waals surface area contributed by atoms with Crippen LogP contribution in [0.2, 0.25) is 0 Å². The van der Waals surface area contributed by atoms with Gasteiger partial charge in [-0.1, -0.05) is 6.08 Å². The minimum absolute atomic E-state index is 0.0980. The second kappa shape index (κ2) is 11.5. The highest BCUT2D eigenvalue weighted by molar-refractivity contribution is 6.10. The molecule has 10 heteroatoms. The number of hydrogen-bond donors (Lipinski definition) is 0. The molecule has 1 atom stereocenters. The standard InChI is InChI=1S/C30H42N6O4/c1-4-39-30(8-11-33(12-9-30)22(2)3)24-5-6-26(31-18-24)23-17-28-27(7-10-32-36(28)19-23)34-13-15-35(16-14-34)29(37)40-25-20-38-21-25/h5-7,10,17,19,22,24-25H,4,8-9,11-16,18,20-21H2,1-3H3. The minimum Gasteiger partial charge on any atom is -0.441 e. The number of anilines is 1. The van der Waals surface area contributed by atoms with E-state index in [2.05, 4.69) is 66.2 Å². The van der Waals surface area contributed by atoms with Gasteiger partial charge in [-0.15, -0.1) is 0 Å². The number of dihydropyridines is 1. The first kappa shape index (κ1) is 27.2. The average Bonchev–Trinajstić information content (AvgIpc) is 3.40. The summed E-state index contributed by atoms with van der Waals surface area (Å²) in [6.07, 6.45) is 10.2.